The fourth-order valence-corrected chi connectivity index (χ4v) is 7.10. The third-order valence-corrected chi connectivity index (χ3v) is 9.31. The molecule has 9 heteroatoms. The number of fused-ring (bicyclic) bond motifs is 4. The number of ether oxygens (including phenoxy) is 2. The molecule has 2 aromatic carbocycles. The molecular formula is C25H30N4O4S. The molecule has 1 aliphatic carbocycles. The summed E-state index contributed by atoms with van der Waals surface area (Å²) in [6, 6.07) is 11.3. The highest BCUT2D eigenvalue weighted by molar-refractivity contribution is 7.89. The lowest BCUT2D eigenvalue weighted by Crippen LogP contribution is -2.44. The number of methoxy groups -OCH3 is 2. The van der Waals surface area contributed by atoms with E-state index >= 15 is 0 Å². The van der Waals surface area contributed by atoms with Crippen molar-refractivity contribution >= 4 is 26.6 Å². The molecule has 0 radical (unpaired) electrons. The predicted molar refractivity (Wildman–Crippen MR) is 131 cm³/mol. The number of benzene rings is 2. The minimum Gasteiger partial charge on any atom is -0.497 e. The molecule has 180 valence electrons. The molecule has 8 nitrogen and oxygen atoms in total. The first kappa shape index (κ1) is 21.8. The highest BCUT2D eigenvalue weighted by Crippen LogP contribution is 2.55. The lowest BCUT2D eigenvalue weighted by Gasteiger charge is -2.34. The van der Waals surface area contributed by atoms with Crippen molar-refractivity contribution < 1.29 is 17.9 Å². The van der Waals surface area contributed by atoms with Gasteiger partial charge in [-0.1, -0.05) is 0 Å². The van der Waals surface area contributed by atoms with Crippen LogP contribution < -0.4 is 19.7 Å². The maximum absolute atomic E-state index is 13.9. The average molecular weight is 483 g/mol. The Kier molecular flexibility index (Phi) is 5.05. The quantitative estimate of drug-likeness (QED) is 0.582. The van der Waals surface area contributed by atoms with Gasteiger partial charge in [-0.3, -0.25) is 0 Å². The molecule has 1 aromatic heterocycles. The maximum atomic E-state index is 13.9. The van der Waals surface area contributed by atoms with Crippen LogP contribution in [0.4, 0.5) is 5.69 Å². The van der Waals surface area contributed by atoms with Gasteiger partial charge < -0.3 is 24.7 Å². The molecule has 0 bridgehead atoms. The summed E-state index contributed by atoms with van der Waals surface area (Å²) in [4.78, 5) is 6.01. The number of nitrogens with zero attached hydrogens (tertiary/aromatic N) is 2. The number of H-pyrrole nitrogens is 1. The Morgan fingerprint density at radius 1 is 1.00 bits per heavy atom. The van der Waals surface area contributed by atoms with Crippen LogP contribution in [0.2, 0.25) is 0 Å². The van der Waals surface area contributed by atoms with Crippen LogP contribution >= 0.6 is 0 Å². The van der Waals surface area contributed by atoms with Crippen molar-refractivity contribution in [3.8, 4) is 11.5 Å². The van der Waals surface area contributed by atoms with Crippen LogP contribution in [0.1, 0.15) is 24.1 Å². The lowest BCUT2D eigenvalue weighted by atomic mass is 9.90. The highest BCUT2D eigenvalue weighted by Gasteiger charge is 2.53. The molecule has 2 aliphatic heterocycles. The smallest absolute Gasteiger partial charge is 0.243 e. The van der Waals surface area contributed by atoms with Gasteiger partial charge in [0, 0.05) is 54.7 Å². The van der Waals surface area contributed by atoms with E-state index in [0.717, 1.165) is 67.1 Å². The van der Waals surface area contributed by atoms with E-state index in [1.165, 1.54) is 5.56 Å². The summed E-state index contributed by atoms with van der Waals surface area (Å²) in [7, 11) is -0.382. The van der Waals surface area contributed by atoms with Crippen LogP contribution in [0.5, 0.6) is 11.5 Å². The second kappa shape index (κ2) is 7.90. The van der Waals surface area contributed by atoms with Crippen LogP contribution in [0, 0.1) is 0 Å². The Balaban J connectivity index is 1.38. The second-order valence-electron chi connectivity index (χ2n) is 9.51. The number of aromatic amines is 1. The third kappa shape index (κ3) is 3.37. The standard InChI is InChI=1S/C25H30N4O4S/c1-32-17-3-5-20-19(13-17)24-21(27-20)15-29(16-25(24)7-8-25)34(30,31)18-4-6-23(33-2)22(14-18)28-11-9-26-10-12-28/h3-6,13-14,26-27H,7-12,15-16H2,1-2H3. The minimum absolute atomic E-state index is 0.126. The number of hydrogen-bond acceptors (Lipinski definition) is 6. The lowest BCUT2D eigenvalue weighted by molar-refractivity contribution is 0.342. The number of nitrogens with one attached hydrogen (secondary N) is 2. The Bertz CT molecular complexity index is 1360. The van der Waals surface area contributed by atoms with E-state index in [1.807, 2.05) is 12.1 Å². The maximum Gasteiger partial charge on any atom is 0.243 e. The van der Waals surface area contributed by atoms with Crippen molar-refractivity contribution in [1.82, 2.24) is 14.6 Å². The zero-order valence-corrected chi connectivity index (χ0v) is 20.4. The van der Waals surface area contributed by atoms with Crippen molar-refractivity contribution in [2.45, 2.75) is 29.7 Å². The third-order valence-electron chi connectivity index (χ3n) is 7.53. The molecule has 1 saturated carbocycles. The number of anilines is 1. The fourth-order valence-electron chi connectivity index (χ4n) is 5.59. The van der Waals surface area contributed by atoms with Gasteiger partial charge in [-0.05, 0) is 54.8 Å². The van der Waals surface area contributed by atoms with E-state index in [2.05, 4.69) is 21.3 Å². The molecule has 1 saturated heterocycles. The average Bonchev–Trinajstić information content (AvgIpc) is 3.52. The van der Waals surface area contributed by atoms with Gasteiger partial charge in [0.05, 0.1) is 31.3 Å². The van der Waals surface area contributed by atoms with Crippen molar-refractivity contribution in [3.05, 3.63) is 47.7 Å². The van der Waals surface area contributed by atoms with Crippen molar-refractivity contribution in [2.75, 3.05) is 51.8 Å². The van der Waals surface area contributed by atoms with Gasteiger partial charge in [-0.2, -0.15) is 4.31 Å². The summed E-state index contributed by atoms with van der Waals surface area (Å²) < 4.78 is 40.4. The SMILES string of the molecule is COc1ccc2[nH]c3c(c2c1)C1(CC1)CN(S(=O)(=O)c1ccc(OC)c(N2CCNCC2)c1)C3. The van der Waals surface area contributed by atoms with E-state index in [-0.39, 0.29) is 5.41 Å². The van der Waals surface area contributed by atoms with Crippen LogP contribution in [0.15, 0.2) is 41.3 Å². The van der Waals surface area contributed by atoms with Crippen molar-refractivity contribution in [3.63, 3.8) is 0 Å². The van der Waals surface area contributed by atoms with Gasteiger partial charge in [0.15, 0.2) is 0 Å². The van der Waals surface area contributed by atoms with Crippen molar-refractivity contribution in [1.29, 1.82) is 0 Å². The highest BCUT2D eigenvalue weighted by atomic mass is 32.2. The number of rotatable bonds is 5. The summed E-state index contributed by atoms with van der Waals surface area (Å²) in [5, 5.41) is 4.49. The Morgan fingerprint density at radius 2 is 1.79 bits per heavy atom. The Hall–Kier alpha value is -2.75. The van der Waals surface area contributed by atoms with E-state index in [0.29, 0.717) is 23.7 Å². The molecule has 3 aromatic rings. The number of hydrogen-bond donors (Lipinski definition) is 2. The van der Waals surface area contributed by atoms with E-state index in [1.54, 1.807) is 36.7 Å². The van der Waals surface area contributed by atoms with Gasteiger partial charge >= 0.3 is 0 Å². The van der Waals surface area contributed by atoms with Gasteiger partial charge in [-0.15, -0.1) is 0 Å². The summed E-state index contributed by atoms with van der Waals surface area (Å²) in [5.41, 5.74) is 4.00. The Morgan fingerprint density at radius 3 is 2.50 bits per heavy atom. The van der Waals surface area contributed by atoms with Gasteiger partial charge in [0.25, 0.3) is 0 Å². The normalized spacial score (nSPS) is 19.9. The van der Waals surface area contributed by atoms with Crippen LogP contribution in [-0.2, 0) is 22.0 Å². The fraction of sp³-hybridized carbons (Fsp3) is 0.440. The molecule has 34 heavy (non-hydrogen) atoms. The first-order valence-electron chi connectivity index (χ1n) is 11.8. The predicted octanol–water partition coefficient (Wildman–Crippen LogP) is 2.83. The topological polar surface area (TPSA) is 86.9 Å². The molecule has 6 rings (SSSR count). The van der Waals surface area contributed by atoms with Crippen molar-refractivity contribution in [2.24, 2.45) is 0 Å². The molecule has 2 fully saturated rings. The molecule has 1 spiro atoms. The molecule has 3 aliphatic rings. The number of aromatic nitrogens is 1. The molecule has 3 heterocycles. The van der Waals surface area contributed by atoms with E-state index in [4.69, 9.17) is 9.47 Å². The molecule has 0 atom stereocenters. The van der Waals surface area contributed by atoms with Crippen LogP contribution in [0.25, 0.3) is 10.9 Å². The van der Waals surface area contributed by atoms with Crippen LogP contribution in [0.3, 0.4) is 0 Å². The molecule has 0 amide bonds. The zero-order valence-electron chi connectivity index (χ0n) is 19.6. The van der Waals surface area contributed by atoms with E-state index in [9.17, 15) is 8.42 Å². The van der Waals surface area contributed by atoms with Gasteiger partial charge in [0.1, 0.15) is 11.5 Å². The monoisotopic (exact) mass is 482 g/mol. The summed E-state index contributed by atoms with van der Waals surface area (Å²) >= 11 is 0. The summed E-state index contributed by atoms with van der Waals surface area (Å²) in [5.74, 6) is 1.52. The first-order chi connectivity index (χ1) is 16.4. The number of sulfonamides is 1. The summed E-state index contributed by atoms with van der Waals surface area (Å²) in [6.45, 7) is 4.20. The van der Waals surface area contributed by atoms with Gasteiger partial charge in [0.2, 0.25) is 10.0 Å². The number of piperazine rings is 1. The van der Waals surface area contributed by atoms with Crippen LogP contribution in [-0.4, -0.2) is 64.7 Å². The largest absolute Gasteiger partial charge is 0.497 e. The van der Waals surface area contributed by atoms with E-state index < -0.39 is 10.0 Å². The van der Waals surface area contributed by atoms with Gasteiger partial charge in [-0.25, -0.2) is 8.42 Å². The summed E-state index contributed by atoms with van der Waals surface area (Å²) in [6.07, 6.45) is 1.98. The second-order valence-corrected chi connectivity index (χ2v) is 11.5. The molecule has 0 unspecified atom stereocenters. The Labute approximate surface area is 199 Å². The minimum atomic E-state index is -3.68. The first-order valence-corrected chi connectivity index (χ1v) is 13.2. The molecule has 2 N–H and O–H groups in total. The zero-order chi connectivity index (χ0) is 23.5. The molecular weight excluding hydrogens is 452 g/mol.